The van der Waals surface area contributed by atoms with Crippen molar-refractivity contribution in [3.05, 3.63) is 60.2 Å². The number of ether oxygens (including phenoxy) is 2. The number of rotatable bonds is 9. The molecule has 2 aromatic carbocycles. The van der Waals surface area contributed by atoms with Crippen LogP contribution >= 0.6 is 0 Å². The van der Waals surface area contributed by atoms with E-state index in [2.05, 4.69) is 22.3 Å². The summed E-state index contributed by atoms with van der Waals surface area (Å²) in [5, 5.41) is 2.99. The topological polar surface area (TPSA) is 50.8 Å². The highest BCUT2D eigenvalue weighted by molar-refractivity contribution is 5.93. The molecule has 1 aliphatic rings. The number of hydrogen-bond acceptors (Lipinski definition) is 4. The van der Waals surface area contributed by atoms with Crippen LogP contribution in [0.1, 0.15) is 25.3 Å². The molecule has 0 radical (unpaired) electrons. The largest absolute Gasteiger partial charge is 0.492 e. The smallest absolute Gasteiger partial charge is 0.238 e. The van der Waals surface area contributed by atoms with E-state index in [1.54, 1.807) is 0 Å². The van der Waals surface area contributed by atoms with Gasteiger partial charge in [-0.2, -0.15) is 0 Å². The van der Waals surface area contributed by atoms with E-state index in [0.717, 1.165) is 32.5 Å². The predicted octanol–water partition coefficient (Wildman–Crippen LogP) is 3.71. The number of benzene rings is 2. The van der Waals surface area contributed by atoms with Gasteiger partial charge in [-0.3, -0.25) is 9.69 Å². The van der Waals surface area contributed by atoms with Crippen molar-refractivity contribution in [2.75, 3.05) is 31.6 Å². The summed E-state index contributed by atoms with van der Waals surface area (Å²) in [5.74, 6) is 0.651. The summed E-state index contributed by atoms with van der Waals surface area (Å²) in [4.78, 5) is 14.9. The maximum atomic E-state index is 12.7. The van der Waals surface area contributed by atoms with Crippen molar-refractivity contribution in [2.45, 2.75) is 32.4 Å². The Balaban J connectivity index is 1.64. The summed E-state index contributed by atoms with van der Waals surface area (Å²) in [6.07, 6.45) is 2.36. The third kappa shape index (κ3) is 6.08. The first-order chi connectivity index (χ1) is 13.2. The second-order valence-electron chi connectivity index (χ2n) is 6.77. The van der Waals surface area contributed by atoms with E-state index in [1.165, 1.54) is 5.56 Å². The number of nitrogens with one attached hydrogen (secondary N) is 1. The summed E-state index contributed by atoms with van der Waals surface area (Å²) >= 11 is 0. The lowest BCUT2D eigenvalue weighted by molar-refractivity contribution is -0.117. The van der Waals surface area contributed by atoms with Gasteiger partial charge >= 0.3 is 0 Å². The molecule has 0 aromatic heterocycles. The number of para-hydroxylation sites is 2. The van der Waals surface area contributed by atoms with Gasteiger partial charge in [0, 0.05) is 19.7 Å². The van der Waals surface area contributed by atoms with Gasteiger partial charge in [-0.1, -0.05) is 42.5 Å². The highest BCUT2D eigenvalue weighted by Gasteiger charge is 2.21. The normalized spacial score (nSPS) is 16.4. The Morgan fingerprint density at radius 3 is 2.70 bits per heavy atom. The Bertz CT molecular complexity index is 715. The minimum absolute atomic E-state index is 0.0453. The maximum absolute atomic E-state index is 12.7. The predicted molar refractivity (Wildman–Crippen MR) is 107 cm³/mol. The third-order valence-electron chi connectivity index (χ3n) is 4.56. The van der Waals surface area contributed by atoms with Gasteiger partial charge in [-0.25, -0.2) is 0 Å². The molecular formula is C22H28N2O3. The molecule has 1 atom stereocenters. The van der Waals surface area contributed by atoms with Crippen LogP contribution in [0.3, 0.4) is 0 Å². The van der Waals surface area contributed by atoms with Gasteiger partial charge in [-0.15, -0.1) is 0 Å². The summed E-state index contributed by atoms with van der Waals surface area (Å²) < 4.78 is 11.4. The highest BCUT2D eigenvalue weighted by Crippen LogP contribution is 2.23. The van der Waals surface area contributed by atoms with Crippen LogP contribution in [-0.2, 0) is 16.1 Å². The fourth-order valence-corrected chi connectivity index (χ4v) is 3.35. The van der Waals surface area contributed by atoms with Crippen molar-refractivity contribution in [2.24, 2.45) is 0 Å². The van der Waals surface area contributed by atoms with Crippen molar-refractivity contribution >= 4 is 11.6 Å². The standard InChI is InChI=1S/C22H28N2O3/c1-2-26-21-13-7-6-12-20(21)23-22(25)17-24(16-19-11-8-14-27-19)15-18-9-4-3-5-10-18/h3-7,9-10,12-13,19H,2,8,11,14-17H2,1H3,(H,23,25). The Labute approximate surface area is 161 Å². The quantitative estimate of drug-likeness (QED) is 0.733. The highest BCUT2D eigenvalue weighted by atomic mass is 16.5. The molecule has 1 unspecified atom stereocenters. The summed E-state index contributed by atoms with van der Waals surface area (Å²) in [6, 6.07) is 17.8. The zero-order chi connectivity index (χ0) is 18.9. The molecule has 0 bridgehead atoms. The number of carbonyl (C=O) groups excluding carboxylic acids is 1. The summed E-state index contributed by atoms with van der Waals surface area (Å²) in [5.41, 5.74) is 1.90. The van der Waals surface area contributed by atoms with Crippen LogP contribution in [0.25, 0.3) is 0 Å². The number of anilines is 1. The van der Waals surface area contributed by atoms with Crippen molar-refractivity contribution in [3.8, 4) is 5.75 Å². The zero-order valence-corrected chi connectivity index (χ0v) is 15.9. The van der Waals surface area contributed by atoms with Gasteiger partial charge in [0.1, 0.15) is 5.75 Å². The number of carbonyl (C=O) groups is 1. The van der Waals surface area contributed by atoms with E-state index in [9.17, 15) is 4.79 Å². The van der Waals surface area contributed by atoms with Gasteiger partial charge in [0.05, 0.1) is 24.9 Å². The van der Waals surface area contributed by atoms with E-state index < -0.39 is 0 Å². The molecule has 1 aliphatic heterocycles. The molecule has 1 amide bonds. The lowest BCUT2D eigenvalue weighted by Crippen LogP contribution is -2.38. The zero-order valence-electron chi connectivity index (χ0n) is 15.9. The molecule has 144 valence electrons. The van der Waals surface area contributed by atoms with Crippen LogP contribution in [0.4, 0.5) is 5.69 Å². The van der Waals surface area contributed by atoms with Crippen LogP contribution in [0.5, 0.6) is 5.75 Å². The van der Waals surface area contributed by atoms with Crippen LogP contribution in [0.15, 0.2) is 54.6 Å². The average Bonchev–Trinajstić information content (AvgIpc) is 3.17. The molecule has 1 N–H and O–H groups in total. The van der Waals surface area contributed by atoms with Crippen LogP contribution < -0.4 is 10.1 Å². The first-order valence-electron chi connectivity index (χ1n) is 9.64. The van der Waals surface area contributed by atoms with E-state index in [1.807, 2.05) is 49.4 Å². The summed E-state index contributed by atoms with van der Waals surface area (Å²) in [7, 11) is 0. The van der Waals surface area contributed by atoms with E-state index >= 15 is 0 Å². The Morgan fingerprint density at radius 2 is 1.96 bits per heavy atom. The Kier molecular flexibility index (Phi) is 7.25. The fourth-order valence-electron chi connectivity index (χ4n) is 3.35. The monoisotopic (exact) mass is 368 g/mol. The minimum atomic E-state index is -0.0453. The third-order valence-corrected chi connectivity index (χ3v) is 4.56. The minimum Gasteiger partial charge on any atom is -0.492 e. The molecule has 1 heterocycles. The lowest BCUT2D eigenvalue weighted by atomic mass is 10.2. The molecule has 5 heteroatoms. The van der Waals surface area contributed by atoms with Crippen LogP contribution in [0, 0.1) is 0 Å². The molecule has 0 spiro atoms. The fraction of sp³-hybridized carbons (Fsp3) is 0.409. The lowest BCUT2D eigenvalue weighted by Gasteiger charge is -2.25. The second-order valence-corrected chi connectivity index (χ2v) is 6.77. The van der Waals surface area contributed by atoms with Crippen LogP contribution in [-0.4, -0.2) is 43.2 Å². The molecule has 2 aromatic rings. The molecule has 0 aliphatic carbocycles. The molecule has 1 saturated heterocycles. The molecule has 3 rings (SSSR count). The summed E-state index contributed by atoms with van der Waals surface area (Å²) in [6.45, 7) is 5.11. The Morgan fingerprint density at radius 1 is 1.19 bits per heavy atom. The molecule has 0 saturated carbocycles. The average molecular weight is 368 g/mol. The van der Waals surface area contributed by atoms with Gasteiger partial charge in [-0.05, 0) is 37.5 Å². The number of hydrogen-bond donors (Lipinski definition) is 1. The van der Waals surface area contributed by atoms with Crippen molar-refractivity contribution in [1.82, 2.24) is 4.90 Å². The first kappa shape index (κ1) is 19.4. The van der Waals surface area contributed by atoms with Gasteiger partial charge < -0.3 is 14.8 Å². The number of nitrogens with zero attached hydrogens (tertiary/aromatic N) is 1. The molecule has 27 heavy (non-hydrogen) atoms. The van der Waals surface area contributed by atoms with Crippen LogP contribution in [0.2, 0.25) is 0 Å². The van der Waals surface area contributed by atoms with Gasteiger partial charge in [0.15, 0.2) is 0 Å². The van der Waals surface area contributed by atoms with E-state index in [-0.39, 0.29) is 12.0 Å². The molecular weight excluding hydrogens is 340 g/mol. The van der Waals surface area contributed by atoms with Gasteiger partial charge in [0.25, 0.3) is 0 Å². The maximum Gasteiger partial charge on any atom is 0.238 e. The van der Waals surface area contributed by atoms with E-state index in [4.69, 9.17) is 9.47 Å². The molecule has 5 nitrogen and oxygen atoms in total. The first-order valence-corrected chi connectivity index (χ1v) is 9.64. The second kappa shape index (κ2) is 10.1. The van der Waals surface area contributed by atoms with Crippen molar-refractivity contribution in [3.63, 3.8) is 0 Å². The molecule has 1 fully saturated rings. The number of amides is 1. The van der Waals surface area contributed by atoms with Gasteiger partial charge in [0.2, 0.25) is 5.91 Å². The van der Waals surface area contributed by atoms with E-state index in [0.29, 0.717) is 24.6 Å². The van der Waals surface area contributed by atoms with Crippen molar-refractivity contribution < 1.29 is 14.3 Å². The Hall–Kier alpha value is -2.37. The van der Waals surface area contributed by atoms with Crippen molar-refractivity contribution in [1.29, 1.82) is 0 Å². The SMILES string of the molecule is CCOc1ccccc1NC(=O)CN(Cc1ccccc1)CC1CCCO1.